The van der Waals surface area contributed by atoms with Crippen LogP contribution in [0.3, 0.4) is 0 Å². The van der Waals surface area contributed by atoms with Crippen LogP contribution < -0.4 is 0 Å². The van der Waals surface area contributed by atoms with Crippen LogP contribution >= 0.6 is 0 Å². The van der Waals surface area contributed by atoms with Gasteiger partial charge in [-0.05, 0) is 18.9 Å². The van der Waals surface area contributed by atoms with Crippen LogP contribution in [0.1, 0.15) is 226 Å². The lowest BCUT2D eigenvalue weighted by atomic mass is 10.0. The van der Waals surface area contributed by atoms with Gasteiger partial charge in [0.15, 0.2) is 11.5 Å². The monoisotopic (exact) mass is 631 g/mol. The minimum atomic E-state index is -0.220. The highest BCUT2D eigenvalue weighted by Gasteiger charge is 2.18. The zero-order chi connectivity index (χ0) is 32.5. The van der Waals surface area contributed by atoms with Crippen molar-refractivity contribution < 1.29 is 19.1 Å². The van der Waals surface area contributed by atoms with Crippen LogP contribution in [0.5, 0.6) is 0 Å². The van der Waals surface area contributed by atoms with Gasteiger partial charge in [-0.3, -0.25) is 9.59 Å². The third-order valence-electron chi connectivity index (χ3n) is 9.28. The third kappa shape index (κ3) is 27.3. The molecule has 0 amide bonds. The van der Waals surface area contributed by atoms with Gasteiger partial charge in [-0.2, -0.15) is 0 Å². The molecule has 1 aliphatic rings. The van der Waals surface area contributed by atoms with Gasteiger partial charge in [-0.1, -0.05) is 200 Å². The van der Waals surface area contributed by atoms with Crippen LogP contribution in [-0.2, 0) is 19.1 Å². The number of rotatable bonds is 34. The van der Waals surface area contributed by atoms with Gasteiger partial charge >= 0.3 is 11.9 Å². The normalized spacial score (nSPS) is 12.8. The van der Waals surface area contributed by atoms with E-state index in [9.17, 15) is 9.59 Å². The van der Waals surface area contributed by atoms with E-state index in [2.05, 4.69) is 13.8 Å². The maximum atomic E-state index is 12.4. The molecule has 0 aromatic carbocycles. The van der Waals surface area contributed by atoms with Crippen molar-refractivity contribution in [2.45, 2.75) is 226 Å². The van der Waals surface area contributed by atoms with Gasteiger partial charge in [0.1, 0.15) is 0 Å². The number of allylic oxidation sites excluding steroid dienone is 2. The summed E-state index contributed by atoms with van der Waals surface area (Å²) in [5.74, 6) is 0.484. The Morgan fingerprint density at radius 3 is 1.07 bits per heavy atom. The smallest absolute Gasteiger partial charge is 0.311 e. The van der Waals surface area contributed by atoms with Crippen molar-refractivity contribution in [2.24, 2.45) is 0 Å². The molecule has 0 aliphatic heterocycles. The van der Waals surface area contributed by atoms with Crippen molar-refractivity contribution in [1.82, 2.24) is 0 Å². The molecule has 262 valence electrons. The molecule has 0 radical (unpaired) electrons. The van der Waals surface area contributed by atoms with Gasteiger partial charge in [0.25, 0.3) is 0 Å². The molecule has 0 saturated carbocycles. The Kier molecular flexibility index (Phi) is 29.8. The summed E-state index contributed by atoms with van der Waals surface area (Å²) in [4.78, 5) is 24.7. The first-order valence-corrected chi connectivity index (χ1v) is 20.0. The lowest BCUT2D eigenvalue weighted by Gasteiger charge is -2.09. The molecule has 0 fully saturated rings. The second kappa shape index (κ2) is 32.4. The lowest BCUT2D eigenvalue weighted by Crippen LogP contribution is -2.08. The van der Waals surface area contributed by atoms with Crippen molar-refractivity contribution in [3.05, 3.63) is 23.7 Å². The maximum absolute atomic E-state index is 12.4. The number of unbranched alkanes of at least 4 members (excludes halogenated alkanes) is 28. The van der Waals surface area contributed by atoms with Crippen LogP contribution in [0, 0.1) is 0 Å². The molecule has 0 aromatic rings. The average molecular weight is 631 g/mol. The maximum Gasteiger partial charge on any atom is 0.311 e. The summed E-state index contributed by atoms with van der Waals surface area (Å²) in [5, 5.41) is 0. The molecule has 1 rings (SSSR count). The summed E-state index contributed by atoms with van der Waals surface area (Å²) in [7, 11) is 0. The standard InChI is InChI=1S/C41H74O4/c1-3-5-7-9-11-13-15-17-19-21-23-25-27-29-31-36-40(42)44-38-34-33-35-39(38)45-41(43)37-32-30-28-26-24-22-20-18-16-14-12-10-8-6-4-2/h33-34H,3-32,35-37H2,1-2H3. The summed E-state index contributed by atoms with van der Waals surface area (Å²) in [6.45, 7) is 4.55. The molecule has 0 bridgehead atoms. The molecular weight excluding hydrogens is 556 g/mol. The Labute approximate surface area is 280 Å². The predicted molar refractivity (Wildman–Crippen MR) is 192 cm³/mol. The summed E-state index contributed by atoms with van der Waals surface area (Å²) in [6.07, 6.45) is 44.3. The fourth-order valence-electron chi connectivity index (χ4n) is 6.29. The predicted octanol–water partition coefficient (Wildman–Crippen LogP) is 13.8. The van der Waals surface area contributed by atoms with Crippen molar-refractivity contribution in [3.63, 3.8) is 0 Å². The highest BCUT2D eigenvalue weighted by atomic mass is 16.6. The van der Waals surface area contributed by atoms with E-state index in [0.717, 1.165) is 25.7 Å². The topological polar surface area (TPSA) is 52.6 Å². The molecule has 1 aliphatic carbocycles. The van der Waals surface area contributed by atoms with Crippen LogP contribution in [0.25, 0.3) is 0 Å². The van der Waals surface area contributed by atoms with Crippen LogP contribution in [-0.4, -0.2) is 11.9 Å². The van der Waals surface area contributed by atoms with E-state index >= 15 is 0 Å². The van der Waals surface area contributed by atoms with Crippen LogP contribution in [0.2, 0.25) is 0 Å². The number of carbonyl (C=O) groups is 2. The first-order chi connectivity index (χ1) is 22.2. The minimum absolute atomic E-state index is 0.209. The zero-order valence-electron chi connectivity index (χ0n) is 30.1. The fourth-order valence-corrected chi connectivity index (χ4v) is 6.29. The summed E-state index contributed by atoms with van der Waals surface area (Å²) >= 11 is 0. The molecule has 45 heavy (non-hydrogen) atoms. The minimum Gasteiger partial charge on any atom is -0.427 e. The van der Waals surface area contributed by atoms with Crippen LogP contribution in [0.15, 0.2) is 23.7 Å². The van der Waals surface area contributed by atoms with Gasteiger partial charge in [0, 0.05) is 19.3 Å². The number of carbonyl (C=O) groups excluding carboxylic acids is 2. The number of hydrogen-bond acceptors (Lipinski definition) is 4. The number of esters is 2. The molecule has 0 heterocycles. The van der Waals surface area contributed by atoms with E-state index in [1.165, 1.54) is 167 Å². The Morgan fingerprint density at radius 2 is 0.733 bits per heavy atom. The van der Waals surface area contributed by atoms with E-state index in [0.29, 0.717) is 30.8 Å². The zero-order valence-corrected chi connectivity index (χ0v) is 30.1. The number of hydrogen-bond donors (Lipinski definition) is 0. The van der Waals surface area contributed by atoms with E-state index in [-0.39, 0.29) is 11.9 Å². The molecule has 0 aromatic heterocycles. The molecule has 0 spiro atoms. The molecule has 0 N–H and O–H groups in total. The Balaban J connectivity index is 1.95. The molecule has 4 heteroatoms. The van der Waals surface area contributed by atoms with Gasteiger partial charge < -0.3 is 9.47 Å². The highest BCUT2D eigenvalue weighted by Crippen LogP contribution is 2.23. The third-order valence-corrected chi connectivity index (χ3v) is 9.28. The molecule has 4 nitrogen and oxygen atoms in total. The lowest BCUT2D eigenvalue weighted by molar-refractivity contribution is -0.143. The van der Waals surface area contributed by atoms with E-state index < -0.39 is 0 Å². The fraction of sp³-hybridized carbons (Fsp3) is 0.854. The molecule has 0 atom stereocenters. The molecule has 0 saturated heterocycles. The van der Waals surface area contributed by atoms with Crippen molar-refractivity contribution >= 4 is 11.9 Å². The van der Waals surface area contributed by atoms with E-state index in [1.807, 2.05) is 6.08 Å². The Morgan fingerprint density at radius 1 is 0.444 bits per heavy atom. The molecular formula is C41H74O4. The molecule has 0 unspecified atom stereocenters. The second-order valence-corrected chi connectivity index (χ2v) is 13.7. The van der Waals surface area contributed by atoms with Gasteiger partial charge in [0.05, 0.1) is 0 Å². The Hall–Kier alpha value is -1.58. The summed E-state index contributed by atoms with van der Waals surface area (Å²) < 4.78 is 11.1. The van der Waals surface area contributed by atoms with Gasteiger partial charge in [-0.15, -0.1) is 0 Å². The van der Waals surface area contributed by atoms with E-state index in [1.54, 1.807) is 6.08 Å². The highest BCUT2D eigenvalue weighted by molar-refractivity contribution is 5.73. The van der Waals surface area contributed by atoms with Gasteiger partial charge in [0.2, 0.25) is 0 Å². The van der Waals surface area contributed by atoms with Crippen molar-refractivity contribution in [1.29, 1.82) is 0 Å². The van der Waals surface area contributed by atoms with Crippen molar-refractivity contribution in [2.75, 3.05) is 0 Å². The largest absolute Gasteiger partial charge is 0.427 e. The average Bonchev–Trinajstić information content (AvgIpc) is 3.46. The summed E-state index contributed by atoms with van der Waals surface area (Å²) in [6, 6.07) is 0. The first-order valence-electron chi connectivity index (χ1n) is 20.0. The van der Waals surface area contributed by atoms with Crippen LogP contribution in [0.4, 0.5) is 0 Å². The van der Waals surface area contributed by atoms with Crippen molar-refractivity contribution in [3.8, 4) is 0 Å². The van der Waals surface area contributed by atoms with Gasteiger partial charge in [-0.25, -0.2) is 0 Å². The Bertz CT molecular complexity index is 753. The first kappa shape index (κ1) is 41.4. The SMILES string of the molecule is CCCCCCCCCCCCCCCCCC(=O)OC1=C(OC(=O)CCCCCCCCCCCCCCCCC)CC=C1. The number of ether oxygens (including phenoxy) is 2. The quantitative estimate of drug-likeness (QED) is 0.0524. The van der Waals surface area contributed by atoms with E-state index in [4.69, 9.17) is 9.47 Å². The second-order valence-electron chi connectivity index (χ2n) is 13.7. The summed E-state index contributed by atoms with van der Waals surface area (Å²) in [5.41, 5.74) is 0.